The summed E-state index contributed by atoms with van der Waals surface area (Å²) in [5.74, 6) is -1.60. The number of halogens is 3. The van der Waals surface area contributed by atoms with Crippen molar-refractivity contribution in [3.8, 4) is 17.5 Å². The number of rotatable bonds is 7. The highest BCUT2D eigenvalue weighted by molar-refractivity contribution is 5.90. The second-order valence-corrected chi connectivity index (χ2v) is 7.13. The molecule has 0 aliphatic heterocycles. The second kappa shape index (κ2) is 9.29. The number of hydrogen-bond acceptors (Lipinski definition) is 7. The zero-order chi connectivity index (χ0) is 22.5. The maximum Gasteiger partial charge on any atom is 0.422 e. The summed E-state index contributed by atoms with van der Waals surface area (Å²) < 4.78 is 61.7. The molecule has 0 unspecified atom stereocenters. The van der Waals surface area contributed by atoms with Crippen molar-refractivity contribution in [3.05, 3.63) is 41.0 Å². The van der Waals surface area contributed by atoms with Gasteiger partial charge in [0, 0.05) is 6.61 Å². The Morgan fingerprint density at radius 1 is 1.10 bits per heavy atom. The van der Waals surface area contributed by atoms with Crippen LogP contribution in [0, 0.1) is 0 Å². The van der Waals surface area contributed by atoms with Crippen LogP contribution in [0.1, 0.15) is 49.2 Å². The van der Waals surface area contributed by atoms with Gasteiger partial charge in [-0.2, -0.15) is 13.2 Å². The Labute approximate surface area is 172 Å². The molecular weight excluding hydrogens is 405 g/mol. The molecule has 164 valence electrons. The third-order valence-corrected chi connectivity index (χ3v) is 3.62. The smallest absolute Gasteiger partial charge is 0.422 e. The van der Waals surface area contributed by atoms with Gasteiger partial charge in [-0.1, -0.05) is 6.07 Å². The molecule has 0 saturated heterocycles. The molecule has 7 nitrogen and oxygen atoms in total. The lowest BCUT2D eigenvalue weighted by atomic mass is 10.1. The Kier molecular flexibility index (Phi) is 7.25. The minimum absolute atomic E-state index is 0.0868. The Hall–Kier alpha value is -2.88. The number of nitrogens with zero attached hydrogens (tertiary/aromatic N) is 2. The van der Waals surface area contributed by atoms with Crippen molar-refractivity contribution in [1.82, 2.24) is 10.2 Å². The average molecular weight is 428 g/mol. The van der Waals surface area contributed by atoms with E-state index in [0.717, 1.165) is 7.11 Å². The Morgan fingerprint density at radius 3 is 2.33 bits per heavy atom. The van der Waals surface area contributed by atoms with Gasteiger partial charge in [-0.15, -0.1) is 10.2 Å². The van der Waals surface area contributed by atoms with E-state index in [-0.39, 0.29) is 23.5 Å². The van der Waals surface area contributed by atoms with E-state index in [1.54, 1.807) is 27.7 Å². The summed E-state index contributed by atoms with van der Waals surface area (Å²) >= 11 is 0. The van der Waals surface area contributed by atoms with Gasteiger partial charge in [0.2, 0.25) is 11.8 Å². The number of alkyl halides is 3. The molecule has 30 heavy (non-hydrogen) atoms. The van der Waals surface area contributed by atoms with Crippen molar-refractivity contribution >= 4 is 5.97 Å². The van der Waals surface area contributed by atoms with Gasteiger partial charge in [-0.05, 0) is 45.9 Å². The molecule has 0 atom stereocenters. The molecule has 0 spiro atoms. The van der Waals surface area contributed by atoms with Gasteiger partial charge in [0.25, 0.3) is 0 Å². The van der Waals surface area contributed by atoms with E-state index >= 15 is 0 Å². The van der Waals surface area contributed by atoms with Crippen LogP contribution in [0.2, 0.25) is 0 Å². The molecule has 0 amide bonds. The number of carbonyl (C=O) groups is 1. The average Bonchev–Trinajstić information content (AvgIpc) is 2.64. The fourth-order valence-electron chi connectivity index (χ4n) is 2.43. The first-order valence-corrected chi connectivity index (χ1v) is 9.06. The molecule has 1 aromatic heterocycles. The Balaban J connectivity index is 2.45. The maximum atomic E-state index is 13.6. The van der Waals surface area contributed by atoms with Crippen molar-refractivity contribution in [2.75, 3.05) is 13.7 Å². The summed E-state index contributed by atoms with van der Waals surface area (Å²) in [6.45, 7) is 6.56. The number of hydrogen-bond donors (Lipinski definition) is 0. The van der Waals surface area contributed by atoms with Gasteiger partial charge in [0.1, 0.15) is 16.9 Å². The number of methoxy groups -OCH3 is 1. The van der Waals surface area contributed by atoms with Crippen molar-refractivity contribution in [2.45, 2.75) is 46.1 Å². The van der Waals surface area contributed by atoms with E-state index in [1.807, 2.05) is 0 Å². The van der Waals surface area contributed by atoms with Gasteiger partial charge in [-0.25, -0.2) is 4.79 Å². The highest BCUT2D eigenvalue weighted by atomic mass is 19.4. The topological polar surface area (TPSA) is 79.8 Å². The van der Waals surface area contributed by atoms with E-state index in [2.05, 4.69) is 10.2 Å². The third-order valence-electron chi connectivity index (χ3n) is 3.62. The van der Waals surface area contributed by atoms with Crippen LogP contribution in [0.3, 0.4) is 0 Å². The summed E-state index contributed by atoms with van der Waals surface area (Å²) in [5.41, 5.74) is -2.03. The third kappa shape index (κ3) is 6.06. The van der Waals surface area contributed by atoms with Gasteiger partial charge >= 0.3 is 12.1 Å². The molecule has 0 aliphatic rings. The molecule has 0 N–H and O–H groups in total. The van der Waals surface area contributed by atoms with Crippen LogP contribution in [0.4, 0.5) is 13.2 Å². The zero-order valence-electron chi connectivity index (χ0n) is 17.3. The number of carbonyl (C=O) groups excluding carboxylic acids is 1. The minimum atomic E-state index is -4.77. The summed E-state index contributed by atoms with van der Waals surface area (Å²) in [6, 6.07) is 5.83. The number of benzene rings is 1. The van der Waals surface area contributed by atoms with E-state index < -0.39 is 41.7 Å². The molecule has 0 radical (unpaired) electrons. The first-order valence-electron chi connectivity index (χ1n) is 9.06. The molecule has 1 heterocycles. The standard InChI is InChI=1S/C20H23F3N2O5/c1-6-28-11-14-15(20(21,22)23)17(27-5)25-24-16(14)29-13-9-7-8-12(10-13)18(26)30-19(2,3)4/h7-10H,6,11H2,1-5H3. The number of aromatic nitrogens is 2. The number of esters is 1. The van der Waals surface area contributed by atoms with Crippen LogP contribution >= 0.6 is 0 Å². The maximum absolute atomic E-state index is 13.6. The quantitative estimate of drug-likeness (QED) is 0.587. The van der Waals surface area contributed by atoms with E-state index in [1.165, 1.54) is 24.3 Å². The van der Waals surface area contributed by atoms with Crippen molar-refractivity contribution in [1.29, 1.82) is 0 Å². The molecule has 0 bridgehead atoms. The fraction of sp³-hybridized carbons (Fsp3) is 0.450. The van der Waals surface area contributed by atoms with E-state index in [0.29, 0.717) is 0 Å². The molecule has 0 fully saturated rings. The molecule has 2 aromatic rings. The lowest BCUT2D eigenvalue weighted by molar-refractivity contribution is -0.140. The summed E-state index contributed by atoms with van der Waals surface area (Å²) in [7, 11) is 1.06. The predicted octanol–water partition coefficient (Wildman–Crippen LogP) is 4.79. The van der Waals surface area contributed by atoms with E-state index in [9.17, 15) is 18.0 Å². The van der Waals surface area contributed by atoms with Crippen LogP contribution in [0.15, 0.2) is 24.3 Å². The monoisotopic (exact) mass is 428 g/mol. The SMILES string of the molecule is CCOCc1c(Oc2cccc(C(=O)OC(C)(C)C)c2)nnc(OC)c1C(F)(F)F. The highest BCUT2D eigenvalue weighted by Crippen LogP contribution is 2.41. The predicted molar refractivity (Wildman–Crippen MR) is 101 cm³/mol. The largest absolute Gasteiger partial charge is 0.479 e. The lowest BCUT2D eigenvalue weighted by Gasteiger charge is -2.20. The van der Waals surface area contributed by atoms with Crippen LogP contribution in [-0.4, -0.2) is 35.5 Å². The first kappa shape index (κ1) is 23.4. The van der Waals surface area contributed by atoms with Crippen molar-refractivity contribution in [2.24, 2.45) is 0 Å². The van der Waals surface area contributed by atoms with Crippen LogP contribution in [0.25, 0.3) is 0 Å². The molecule has 0 aliphatic carbocycles. The minimum Gasteiger partial charge on any atom is -0.479 e. The first-order chi connectivity index (χ1) is 14.0. The van der Waals surface area contributed by atoms with Gasteiger partial charge in [-0.3, -0.25) is 0 Å². The number of ether oxygens (including phenoxy) is 4. The normalized spacial score (nSPS) is 11.9. The Morgan fingerprint density at radius 2 is 1.77 bits per heavy atom. The van der Waals surface area contributed by atoms with Crippen LogP contribution in [0.5, 0.6) is 17.5 Å². The van der Waals surface area contributed by atoms with Crippen LogP contribution in [-0.2, 0) is 22.3 Å². The van der Waals surface area contributed by atoms with Crippen molar-refractivity contribution < 1.29 is 36.9 Å². The summed E-state index contributed by atoms with van der Waals surface area (Å²) in [5, 5.41) is 7.18. The van der Waals surface area contributed by atoms with E-state index in [4.69, 9.17) is 18.9 Å². The van der Waals surface area contributed by atoms with Gasteiger partial charge < -0.3 is 18.9 Å². The zero-order valence-corrected chi connectivity index (χ0v) is 17.3. The second-order valence-electron chi connectivity index (χ2n) is 7.13. The highest BCUT2D eigenvalue weighted by Gasteiger charge is 2.40. The lowest BCUT2D eigenvalue weighted by Crippen LogP contribution is -2.23. The van der Waals surface area contributed by atoms with Gasteiger partial charge in [0.15, 0.2) is 0 Å². The molecule has 1 aromatic carbocycles. The molecule has 0 saturated carbocycles. The fourth-order valence-corrected chi connectivity index (χ4v) is 2.43. The summed E-state index contributed by atoms with van der Waals surface area (Å²) in [4.78, 5) is 12.3. The van der Waals surface area contributed by atoms with Crippen molar-refractivity contribution in [3.63, 3.8) is 0 Å². The molecule has 10 heteroatoms. The Bertz CT molecular complexity index is 895. The van der Waals surface area contributed by atoms with Crippen LogP contribution < -0.4 is 9.47 Å². The van der Waals surface area contributed by atoms with Gasteiger partial charge in [0.05, 0.1) is 24.8 Å². The molecular formula is C20H23F3N2O5. The molecule has 2 rings (SSSR count). The summed E-state index contributed by atoms with van der Waals surface area (Å²) in [6.07, 6.45) is -4.77.